The van der Waals surface area contributed by atoms with Crippen LogP contribution in [-0.2, 0) is 19.1 Å². The molecule has 2 unspecified atom stereocenters. The quantitative estimate of drug-likeness (QED) is 0.0958. The van der Waals surface area contributed by atoms with Gasteiger partial charge in [-0.1, -0.05) is 70.9 Å². The number of fused-ring (bicyclic) bond motifs is 1. The number of aliphatic hydroxyl groups is 2. The molecule has 0 radical (unpaired) electrons. The van der Waals surface area contributed by atoms with E-state index >= 15 is 0 Å². The van der Waals surface area contributed by atoms with Gasteiger partial charge in [-0.3, -0.25) is 28.9 Å². The van der Waals surface area contributed by atoms with Gasteiger partial charge in [-0.25, -0.2) is 0 Å². The van der Waals surface area contributed by atoms with E-state index in [2.05, 4.69) is 10.6 Å². The highest BCUT2D eigenvalue weighted by atomic mass is 16.6. The summed E-state index contributed by atoms with van der Waals surface area (Å²) in [6.07, 6.45) is 10.5. The van der Waals surface area contributed by atoms with Crippen molar-refractivity contribution >= 4 is 29.4 Å². The molecule has 11 heteroatoms. The molecule has 0 aromatic heterocycles. The van der Waals surface area contributed by atoms with Crippen molar-refractivity contribution in [3.05, 3.63) is 35.4 Å². The van der Waals surface area contributed by atoms with Crippen LogP contribution < -0.4 is 10.6 Å². The van der Waals surface area contributed by atoms with Crippen LogP contribution in [-0.4, -0.2) is 88.6 Å². The van der Waals surface area contributed by atoms with Crippen LogP contribution in [0.5, 0.6) is 0 Å². The molecule has 1 aromatic carbocycles. The molecule has 0 spiro atoms. The van der Waals surface area contributed by atoms with E-state index in [4.69, 9.17) is 4.74 Å². The molecule has 46 heavy (non-hydrogen) atoms. The number of carbonyl (C=O) groups excluding carboxylic acids is 5. The molecule has 4 atom stereocenters. The molecule has 11 nitrogen and oxygen atoms in total. The van der Waals surface area contributed by atoms with Crippen molar-refractivity contribution in [2.45, 2.75) is 109 Å². The monoisotopic (exact) mass is 641 g/mol. The Morgan fingerprint density at radius 3 is 2.00 bits per heavy atom. The van der Waals surface area contributed by atoms with Gasteiger partial charge in [0.05, 0.1) is 37.0 Å². The first-order valence-corrected chi connectivity index (χ1v) is 17.1. The maximum absolute atomic E-state index is 13.5. The van der Waals surface area contributed by atoms with Crippen molar-refractivity contribution in [2.24, 2.45) is 17.8 Å². The Labute approximate surface area is 271 Å². The number of nitrogens with one attached hydrogen (secondary N) is 2. The van der Waals surface area contributed by atoms with E-state index in [9.17, 15) is 34.2 Å². The SMILES string of the molecule is CC(C)C[C@@H](NC(=O)[C@H](CO)NC(=O)C(CCCCCCCCN1C(=O)c2ccccc2C1=O)C1CCCC1)C(=O)C1(CO)CO1. The summed E-state index contributed by atoms with van der Waals surface area (Å²) in [7, 11) is 0. The normalized spacial score (nSPS) is 21.3. The standard InChI is InChI=1S/C35H51N3O8/c1-23(2)19-28(30(41)35(21-40)22-46-35)36-32(43)29(20-39)37-31(42)25(24-13-8-9-14-24)15-7-5-3-4-6-12-18-38-33(44)26-16-10-11-17-27(26)34(38)45/h10-11,16-17,23-25,28-29,39-40H,3-9,12-15,18-22H2,1-2H3,(H,36,43)(H,37,42)/t25?,28-,29+,35?/m1/s1. The Morgan fingerprint density at radius 1 is 0.891 bits per heavy atom. The van der Waals surface area contributed by atoms with Gasteiger partial charge < -0.3 is 25.6 Å². The number of hydrogen-bond acceptors (Lipinski definition) is 8. The van der Waals surface area contributed by atoms with Crippen LogP contribution in [0.3, 0.4) is 0 Å². The fourth-order valence-electron chi connectivity index (χ4n) is 6.89. The van der Waals surface area contributed by atoms with E-state index in [1.807, 2.05) is 13.8 Å². The predicted octanol–water partition coefficient (Wildman–Crippen LogP) is 3.16. The molecular weight excluding hydrogens is 590 g/mol. The molecule has 2 heterocycles. The van der Waals surface area contributed by atoms with Crippen LogP contribution in [0.1, 0.15) is 112 Å². The third kappa shape index (κ3) is 8.80. The van der Waals surface area contributed by atoms with E-state index in [1.54, 1.807) is 24.3 Å². The fraction of sp³-hybridized carbons (Fsp3) is 0.686. The average molecular weight is 642 g/mol. The minimum absolute atomic E-state index is 0.0778. The van der Waals surface area contributed by atoms with Crippen molar-refractivity contribution in [3.8, 4) is 0 Å². The lowest BCUT2D eigenvalue weighted by atomic mass is 9.85. The first-order valence-electron chi connectivity index (χ1n) is 17.1. The Bertz CT molecular complexity index is 1200. The number of unbranched alkanes of at least 4 members (excludes halogenated alkanes) is 5. The highest BCUT2D eigenvalue weighted by Gasteiger charge is 2.54. The van der Waals surface area contributed by atoms with Crippen molar-refractivity contribution in [2.75, 3.05) is 26.4 Å². The van der Waals surface area contributed by atoms with Crippen molar-refractivity contribution < 1.29 is 38.9 Å². The maximum Gasteiger partial charge on any atom is 0.261 e. The van der Waals surface area contributed by atoms with Gasteiger partial charge in [0, 0.05) is 12.5 Å². The first kappa shape index (κ1) is 35.7. The van der Waals surface area contributed by atoms with Gasteiger partial charge in [-0.2, -0.15) is 0 Å². The van der Waals surface area contributed by atoms with E-state index in [-0.39, 0.29) is 42.1 Å². The molecule has 4 amide bonds. The minimum Gasteiger partial charge on any atom is -0.394 e. The molecule has 4 N–H and O–H groups in total. The summed E-state index contributed by atoms with van der Waals surface area (Å²) >= 11 is 0. The van der Waals surface area contributed by atoms with Gasteiger partial charge in [0.2, 0.25) is 11.8 Å². The summed E-state index contributed by atoms with van der Waals surface area (Å²) in [6, 6.07) is 4.83. The molecule has 0 bridgehead atoms. The molecule has 3 aliphatic rings. The van der Waals surface area contributed by atoms with Crippen molar-refractivity contribution in [3.63, 3.8) is 0 Å². The Balaban J connectivity index is 1.21. The number of imide groups is 1. The third-order valence-corrected chi connectivity index (χ3v) is 9.68. The third-order valence-electron chi connectivity index (χ3n) is 9.68. The van der Waals surface area contributed by atoms with Gasteiger partial charge in [0.15, 0.2) is 11.4 Å². The molecular formula is C35H51N3O8. The zero-order chi connectivity index (χ0) is 33.3. The highest BCUT2D eigenvalue weighted by Crippen LogP contribution is 2.35. The van der Waals surface area contributed by atoms with Crippen LogP contribution in [0.15, 0.2) is 24.3 Å². The Kier molecular flexibility index (Phi) is 12.9. The molecule has 2 fully saturated rings. The van der Waals surface area contributed by atoms with Crippen molar-refractivity contribution in [1.82, 2.24) is 15.5 Å². The summed E-state index contributed by atoms with van der Waals surface area (Å²) < 4.78 is 5.21. The molecule has 1 aliphatic carbocycles. The summed E-state index contributed by atoms with van der Waals surface area (Å²) in [5.74, 6) is -1.66. The molecule has 254 valence electrons. The minimum atomic E-state index is -1.28. The lowest BCUT2D eigenvalue weighted by molar-refractivity contribution is -0.136. The number of Topliss-reactive ketones (excluding diaryl/α,β-unsaturated/α-hetero) is 1. The Morgan fingerprint density at radius 2 is 1.46 bits per heavy atom. The number of ether oxygens (including phenoxy) is 1. The number of rotatable bonds is 20. The Hall–Kier alpha value is -3.15. The van der Waals surface area contributed by atoms with Gasteiger partial charge in [-0.05, 0) is 56.1 Å². The lowest BCUT2D eigenvalue weighted by Crippen LogP contribution is -2.56. The zero-order valence-corrected chi connectivity index (χ0v) is 27.3. The lowest BCUT2D eigenvalue weighted by Gasteiger charge is -2.27. The number of ketones is 1. The maximum atomic E-state index is 13.5. The molecule has 4 rings (SSSR count). The number of carbonyl (C=O) groups is 5. The smallest absolute Gasteiger partial charge is 0.261 e. The summed E-state index contributed by atoms with van der Waals surface area (Å²) in [5, 5.41) is 25.1. The molecule has 2 aliphatic heterocycles. The summed E-state index contributed by atoms with van der Waals surface area (Å²) in [5.41, 5.74) is -0.328. The van der Waals surface area contributed by atoms with Crippen molar-refractivity contribution in [1.29, 1.82) is 0 Å². The van der Waals surface area contributed by atoms with Crippen LogP contribution in [0.4, 0.5) is 0 Å². The number of hydrogen-bond donors (Lipinski definition) is 4. The van der Waals surface area contributed by atoms with Crippen LogP contribution in [0, 0.1) is 17.8 Å². The molecule has 1 saturated carbocycles. The van der Waals surface area contributed by atoms with Gasteiger partial charge in [0.1, 0.15) is 6.04 Å². The molecule has 1 aromatic rings. The summed E-state index contributed by atoms with van der Waals surface area (Å²) in [6.45, 7) is 3.29. The number of epoxide rings is 1. The van der Waals surface area contributed by atoms with Gasteiger partial charge >= 0.3 is 0 Å². The van der Waals surface area contributed by atoms with E-state index in [0.717, 1.165) is 64.2 Å². The number of benzene rings is 1. The van der Waals surface area contributed by atoms with E-state index in [0.29, 0.717) is 30.5 Å². The zero-order valence-electron chi connectivity index (χ0n) is 27.3. The van der Waals surface area contributed by atoms with E-state index in [1.165, 1.54) is 4.90 Å². The highest BCUT2D eigenvalue weighted by molar-refractivity contribution is 6.21. The summed E-state index contributed by atoms with van der Waals surface area (Å²) in [4.78, 5) is 66.1. The topological polar surface area (TPSA) is 166 Å². The van der Waals surface area contributed by atoms with Crippen LogP contribution >= 0.6 is 0 Å². The second-order valence-electron chi connectivity index (χ2n) is 13.6. The second-order valence-corrected chi connectivity index (χ2v) is 13.6. The largest absolute Gasteiger partial charge is 0.394 e. The predicted molar refractivity (Wildman–Crippen MR) is 171 cm³/mol. The molecule has 1 saturated heterocycles. The van der Waals surface area contributed by atoms with Gasteiger partial charge in [-0.15, -0.1) is 0 Å². The van der Waals surface area contributed by atoms with Crippen LogP contribution in [0.25, 0.3) is 0 Å². The van der Waals surface area contributed by atoms with Crippen LogP contribution in [0.2, 0.25) is 0 Å². The average Bonchev–Trinajstić information content (AvgIpc) is 3.59. The second kappa shape index (κ2) is 16.6. The number of amides is 4. The first-order chi connectivity index (χ1) is 22.1. The fourth-order valence-corrected chi connectivity index (χ4v) is 6.89. The number of aliphatic hydroxyl groups excluding tert-OH is 2. The van der Waals surface area contributed by atoms with E-state index < -0.39 is 42.6 Å². The number of nitrogens with zero attached hydrogens (tertiary/aromatic N) is 1. The van der Waals surface area contributed by atoms with Gasteiger partial charge in [0.25, 0.3) is 11.8 Å².